The van der Waals surface area contributed by atoms with Crippen molar-refractivity contribution in [2.24, 2.45) is 0 Å². The lowest BCUT2D eigenvalue weighted by Gasteiger charge is -2.17. The van der Waals surface area contributed by atoms with Gasteiger partial charge in [-0.3, -0.25) is 14.4 Å². The van der Waals surface area contributed by atoms with Crippen molar-refractivity contribution in [1.29, 1.82) is 0 Å². The predicted molar refractivity (Wildman–Crippen MR) is 204 cm³/mol. The average Bonchev–Trinajstić information content (AvgIpc) is 3.60. The molecule has 0 aliphatic carbocycles. The van der Waals surface area contributed by atoms with Gasteiger partial charge < -0.3 is 16.0 Å². The monoisotopic (exact) mass is 714 g/mol. The van der Waals surface area contributed by atoms with Crippen LogP contribution in [-0.4, -0.2) is 22.7 Å². The first-order valence-corrected chi connectivity index (χ1v) is 17.8. The van der Waals surface area contributed by atoms with Crippen molar-refractivity contribution >= 4 is 69.3 Å². The van der Waals surface area contributed by atoms with Gasteiger partial charge in [-0.25, -0.2) is 4.98 Å². The van der Waals surface area contributed by atoms with Crippen molar-refractivity contribution in [3.63, 3.8) is 0 Å². The number of carbonyl (C=O) groups is 3. The van der Waals surface area contributed by atoms with Crippen LogP contribution in [0.2, 0.25) is 5.02 Å². The number of aromatic nitrogens is 1. The van der Waals surface area contributed by atoms with E-state index in [2.05, 4.69) is 20.9 Å². The third kappa shape index (κ3) is 8.95. The van der Waals surface area contributed by atoms with E-state index in [1.54, 1.807) is 54.6 Å². The highest BCUT2D eigenvalue weighted by Gasteiger charge is 2.24. The Hall–Kier alpha value is -5.48. The average molecular weight is 715 g/mol. The number of hydrogen-bond acceptors (Lipinski definition) is 6. The third-order valence-corrected chi connectivity index (χ3v) is 9.82. The second-order valence-corrected chi connectivity index (χ2v) is 13.6. The molecule has 248 valence electrons. The summed E-state index contributed by atoms with van der Waals surface area (Å²) in [4.78, 5) is 45.9. The number of benzene rings is 5. The maximum Gasteiger partial charge on any atom is 0.272 e. The summed E-state index contributed by atoms with van der Waals surface area (Å²) in [5, 5.41) is 10.9. The molecule has 0 radical (unpaired) electrons. The second kappa shape index (κ2) is 16.3. The van der Waals surface area contributed by atoms with Crippen molar-refractivity contribution in [2.75, 3.05) is 10.6 Å². The maximum absolute atomic E-state index is 13.8. The van der Waals surface area contributed by atoms with Gasteiger partial charge in [0.15, 0.2) is 5.13 Å². The van der Waals surface area contributed by atoms with Gasteiger partial charge in [-0.2, -0.15) is 0 Å². The van der Waals surface area contributed by atoms with Gasteiger partial charge in [-0.1, -0.05) is 114 Å². The fraction of sp³-hybridized carbons (Fsp3) is 0.0500. The smallest absolute Gasteiger partial charge is 0.272 e. The normalized spacial score (nSPS) is 11.8. The number of nitrogens with zero attached hydrogens (tertiary/aromatic N) is 1. The molecule has 1 aromatic heterocycles. The molecule has 0 saturated heterocycles. The summed E-state index contributed by atoms with van der Waals surface area (Å²) < 4.78 is 0. The summed E-state index contributed by atoms with van der Waals surface area (Å²) in [6.45, 7) is 1.98. The highest BCUT2D eigenvalue weighted by molar-refractivity contribution is 8.00. The van der Waals surface area contributed by atoms with Crippen LogP contribution in [0.15, 0.2) is 149 Å². The topological polar surface area (TPSA) is 100 Å². The highest BCUT2D eigenvalue weighted by atomic mass is 35.5. The van der Waals surface area contributed by atoms with Crippen LogP contribution in [0.5, 0.6) is 0 Å². The first-order valence-electron chi connectivity index (χ1n) is 15.6. The molecular formula is C40H31ClN4O3S2. The highest BCUT2D eigenvalue weighted by Crippen LogP contribution is 2.38. The van der Waals surface area contributed by atoms with E-state index < -0.39 is 17.1 Å². The van der Waals surface area contributed by atoms with Crippen LogP contribution < -0.4 is 16.0 Å². The lowest BCUT2D eigenvalue weighted by molar-refractivity contribution is -0.116. The van der Waals surface area contributed by atoms with Crippen LogP contribution >= 0.6 is 34.7 Å². The van der Waals surface area contributed by atoms with Gasteiger partial charge in [0.05, 0.1) is 5.69 Å². The molecule has 0 saturated carbocycles. The first-order chi connectivity index (χ1) is 24.3. The minimum absolute atomic E-state index is 0.0851. The molecule has 0 aliphatic rings. The van der Waals surface area contributed by atoms with Gasteiger partial charge in [0, 0.05) is 32.1 Å². The van der Waals surface area contributed by atoms with Crippen molar-refractivity contribution < 1.29 is 14.4 Å². The molecule has 1 unspecified atom stereocenters. The van der Waals surface area contributed by atoms with Gasteiger partial charge in [0.1, 0.15) is 10.9 Å². The maximum atomic E-state index is 13.8. The molecule has 0 fully saturated rings. The van der Waals surface area contributed by atoms with Gasteiger partial charge in [0.2, 0.25) is 5.91 Å². The Bertz CT molecular complexity index is 2150. The Morgan fingerprint density at radius 2 is 1.50 bits per heavy atom. The SMILES string of the molecule is Cc1ccc(/C=C(\NC(=O)c2ccccc2)C(=O)Nc2cccc(SC(C(=O)Nc3nc(-c4ccccc4Cl)cs3)c3ccccc3)c2)cc1. The zero-order chi connectivity index (χ0) is 34.9. The molecule has 7 nitrogen and oxygen atoms in total. The lowest BCUT2D eigenvalue weighted by atomic mass is 10.1. The number of thioether (sulfide) groups is 1. The molecule has 6 aromatic rings. The number of halogens is 1. The van der Waals surface area contributed by atoms with E-state index in [9.17, 15) is 14.4 Å². The minimum atomic E-state index is -0.628. The number of carbonyl (C=O) groups excluding carboxylic acids is 3. The fourth-order valence-electron chi connectivity index (χ4n) is 4.95. The molecule has 10 heteroatoms. The van der Waals surface area contributed by atoms with Crippen LogP contribution in [0.1, 0.15) is 32.3 Å². The number of nitrogens with one attached hydrogen (secondary N) is 3. The van der Waals surface area contributed by atoms with E-state index in [1.807, 2.05) is 97.2 Å². The first kappa shape index (κ1) is 34.4. The summed E-state index contributed by atoms with van der Waals surface area (Å²) in [5.41, 5.74) is 5.12. The van der Waals surface area contributed by atoms with Gasteiger partial charge >= 0.3 is 0 Å². The summed E-state index contributed by atoms with van der Waals surface area (Å²) in [6.07, 6.45) is 1.64. The number of amides is 3. The van der Waals surface area contributed by atoms with E-state index in [0.29, 0.717) is 27.1 Å². The molecule has 1 heterocycles. The third-order valence-electron chi connectivity index (χ3n) is 7.49. The molecule has 3 amide bonds. The summed E-state index contributed by atoms with van der Waals surface area (Å²) in [5.74, 6) is -1.14. The summed E-state index contributed by atoms with van der Waals surface area (Å²) >= 11 is 9.04. The van der Waals surface area contributed by atoms with E-state index >= 15 is 0 Å². The van der Waals surface area contributed by atoms with Gasteiger partial charge in [-0.15, -0.1) is 23.1 Å². The summed E-state index contributed by atoms with van der Waals surface area (Å²) in [7, 11) is 0. The largest absolute Gasteiger partial charge is 0.321 e. The van der Waals surface area contributed by atoms with Crippen LogP contribution in [0.3, 0.4) is 0 Å². The van der Waals surface area contributed by atoms with Crippen LogP contribution in [0, 0.1) is 6.92 Å². The van der Waals surface area contributed by atoms with Crippen LogP contribution in [-0.2, 0) is 9.59 Å². The predicted octanol–water partition coefficient (Wildman–Crippen LogP) is 9.65. The molecule has 50 heavy (non-hydrogen) atoms. The number of hydrogen-bond donors (Lipinski definition) is 3. The van der Waals surface area contributed by atoms with E-state index in [0.717, 1.165) is 27.1 Å². The quantitative estimate of drug-likeness (QED) is 0.0917. The number of thiazole rings is 1. The summed E-state index contributed by atoms with van der Waals surface area (Å²) in [6, 6.07) is 40.5. The standard InChI is InChI=1S/C40H31ClN4O3S2/c1-26-19-21-27(22-20-26)23-34(43-37(46)29-13-6-3-7-14-29)38(47)42-30-15-10-16-31(24-30)50-36(28-11-4-2-5-12-28)39(48)45-40-44-35(25-49-40)32-17-8-9-18-33(32)41/h2-25,36H,1H3,(H,42,47)(H,43,46)(H,44,45,48)/b34-23-. The second-order valence-electron chi connectivity index (χ2n) is 11.2. The molecule has 6 rings (SSSR count). The molecule has 0 aliphatic heterocycles. The van der Waals surface area contributed by atoms with Crippen LogP contribution in [0.4, 0.5) is 10.8 Å². The Kier molecular flexibility index (Phi) is 11.2. The minimum Gasteiger partial charge on any atom is -0.321 e. The Morgan fingerprint density at radius 1 is 0.800 bits per heavy atom. The van der Waals surface area contributed by atoms with E-state index in [-0.39, 0.29) is 11.6 Å². The number of anilines is 2. The van der Waals surface area contributed by atoms with E-state index in [4.69, 9.17) is 11.6 Å². The van der Waals surface area contributed by atoms with Gasteiger partial charge in [0.25, 0.3) is 11.8 Å². The molecule has 0 bridgehead atoms. The Labute approximate surface area is 303 Å². The van der Waals surface area contributed by atoms with Crippen molar-refractivity contribution in [3.05, 3.63) is 172 Å². The zero-order valence-electron chi connectivity index (χ0n) is 26.8. The molecule has 0 spiro atoms. The molecule has 3 N–H and O–H groups in total. The van der Waals surface area contributed by atoms with Gasteiger partial charge in [-0.05, 0) is 60.5 Å². The lowest BCUT2D eigenvalue weighted by Crippen LogP contribution is -2.30. The van der Waals surface area contributed by atoms with Crippen molar-refractivity contribution in [3.8, 4) is 11.3 Å². The van der Waals surface area contributed by atoms with Crippen molar-refractivity contribution in [2.45, 2.75) is 17.1 Å². The number of rotatable bonds is 11. The Balaban J connectivity index is 1.21. The molecule has 1 atom stereocenters. The Morgan fingerprint density at radius 3 is 2.24 bits per heavy atom. The zero-order valence-corrected chi connectivity index (χ0v) is 29.2. The van der Waals surface area contributed by atoms with Crippen molar-refractivity contribution in [1.82, 2.24) is 10.3 Å². The van der Waals surface area contributed by atoms with Crippen LogP contribution in [0.25, 0.3) is 17.3 Å². The molecule has 5 aromatic carbocycles. The fourth-order valence-corrected chi connectivity index (χ4v) is 6.98. The molecular weight excluding hydrogens is 684 g/mol. The van der Waals surface area contributed by atoms with E-state index in [1.165, 1.54) is 23.1 Å². The number of aryl methyl sites for hydroxylation is 1.